The van der Waals surface area contributed by atoms with Crippen LogP contribution in [0.4, 0.5) is 5.69 Å². The zero-order chi connectivity index (χ0) is 18.8. The number of hydrogen-bond donors (Lipinski definition) is 0. The van der Waals surface area contributed by atoms with Crippen molar-refractivity contribution < 1.29 is 9.59 Å². The zero-order valence-electron chi connectivity index (χ0n) is 15.1. The molecule has 7 heteroatoms. The van der Waals surface area contributed by atoms with Crippen molar-refractivity contribution in [2.45, 2.75) is 32.9 Å². The van der Waals surface area contributed by atoms with Gasteiger partial charge in [-0.1, -0.05) is 0 Å². The maximum Gasteiger partial charge on any atom is 0.257 e. The molecular weight excluding hydrogens is 330 g/mol. The van der Waals surface area contributed by atoms with E-state index in [-0.39, 0.29) is 30.4 Å². The van der Waals surface area contributed by atoms with Crippen LogP contribution in [0, 0.1) is 11.3 Å². The van der Waals surface area contributed by atoms with Crippen LogP contribution in [0.2, 0.25) is 0 Å². The summed E-state index contributed by atoms with van der Waals surface area (Å²) in [6.07, 6.45) is 3.27. The van der Waals surface area contributed by atoms with Crippen LogP contribution in [0.3, 0.4) is 0 Å². The van der Waals surface area contributed by atoms with Gasteiger partial charge in [-0.05, 0) is 45.0 Å². The average molecular weight is 351 g/mol. The van der Waals surface area contributed by atoms with Crippen LogP contribution in [0.15, 0.2) is 36.7 Å². The van der Waals surface area contributed by atoms with Gasteiger partial charge in [0.25, 0.3) is 5.91 Å². The number of amides is 2. The van der Waals surface area contributed by atoms with E-state index >= 15 is 0 Å². The molecule has 1 saturated heterocycles. The third-order valence-electron chi connectivity index (χ3n) is 4.53. The monoisotopic (exact) mass is 351 g/mol. The molecule has 2 heterocycles. The third kappa shape index (κ3) is 3.31. The summed E-state index contributed by atoms with van der Waals surface area (Å²) < 4.78 is 1.73. The maximum atomic E-state index is 12.8. The number of nitriles is 1. The van der Waals surface area contributed by atoms with E-state index in [2.05, 4.69) is 11.2 Å². The molecule has 0 aliphatic carbocycles. The molecule has 1 atom stereocenters. The number of carbonyl (C=O) groups excluding carboxylic acids is 2. The lowest BCUT2D eigenvalue weighted by atomic mass is 10.1. The molecule has 1 aromatic heterocycles. The molecule has 1 aliphatic rings. The topological polar surface area (TPSA) is 82.2 Å². The van der Waals surface area contributed by atoms with Crippen molar-refractivity contribution in [2.24, 2.45) is 0 Å². The molecule has 3 rings (SSSR count). The van der Waals surface area contributed by atoms with Crippen molar-refractivity contribution in [3.8, 4) is 6.07 Å². The van der Waals surface area contributed by atoms with Gasteiger partial charge in [0, 0.05) is 30.5 Å². The highest BCUT2D eigenvalue weighted by atomic mass is 16.2. The molecule has 1 aliphatic heterocycles. The van der Waals surface area contributed by atoms with E-state index in [9.17, 15) is 9.59 Å². The number of nitrogens with zero attached hydrogens (tertiary/aromatic N) is 5. The highest BCUT2D eigenvalue weighted by Gasteiger charge is 2.34. The van der Waals surface area contributed by atoms with Crippen molar-refractivity contribution in [2.75, 3.05) is 18.0 Å². The Labute approximate surface area is 152 Å². The Hall–Kier alpha value is -3.14. The fourth-order valence-corrected chi connectivity index (χ4v) is 2.99. The molecule has 1 aromatic carbocycles. The Bertz CT molecular complexity index is 863. The lowest BCUT2D eigenvalue weighted by Gasteiger charge is -2.39. The second kappa shape index (κ2) is 7.00. The molecule has 0 N–H and O–H groups in total. The van der Waals surface area contributed by atoms with Crippen molar-refractivity contribution in [3.05, 3.63) is 47.8 Å². The summed E-state index contributed by atoms with van der Waals surface area (Å²) in [6.45, 7) is 6.34. The Morgan fingerprint density at radius 2 is 2.00 bits per heavy atom. The molecule has 0 radical (unpaired) electrons. The largest absolute Gasteiger partial charge is 0.325 e. The minimum Gasteiger partial charge on any atom is -0.325 e. The number of rotatable bonds is 3. The summed E-state index contributed by atoms with van der Waals surface area (Å²) in [4.78, 5) is 28.6. The average Bonchev–Trinajstić information content (AvgIpc) is 3.13. The van der Waals surface area contributed by atoms with Crippen LogP contribution in [0.25, 0.3) is 0 Å². The number of benzene rings is 1. The molecule has 0 unspecified atom stereocenters. The summed E-state index contributed by atoms with van der Waals surface area (Å²) in [5, 5.41) is 13.1. The third-order valence-corrected chi connectivity index (χ3v) is 4.53. The van der Waals surface area contributed by atoms with Crippen molar-refractivity contribution in [3.63, 3.8) is 0 Å². The number of anilines is 1. The second-order valence-electron chi connectivity index (χ2n) is 6.75. The van der Waals surface area contributed by atoms with Crippen molar-refractivity contribution in [1.29, 1.82) is 5.26 Å². The lowest BCUT2D eigenvalue weighted by molar-refractivity contribution is -0.121. The molecule has 134 valence electrons. The van der Waals surface area contributed by atoms with E-state index in [1.165, 1.54) is 0 Å². The molecule has 0 bridgehead atoms. The van der Waals surface area contributed by atoms with Gasteiger partial charge in [0.05, 0.1) is 23.4 Å². The summed E-state index contributed by atoms with van der Waals surface area (Å²) >= 11 is 0. The van der Waals surface area contributed by atoms with Crippen LogP contribution < -0.4 is 4.90 Å². The highest BCUT2D eigenvalue weighted by molar-refractivity contribution is 6.01. The normalized spacial score (nSPS) is 17.5. The van der Waals surface area contributed by atoms with Gasteiger partial charge in [-0.3, -0.25) is 14.3 Å². The van der Waals surface area contributed by atoms with Crippen LogP contribution in [-0.2, 0) is 4.79 Å². The van der Waals surface area contributed by atoms with Gasteiger partial charge in [0.15, 0.2) is 0 Å². The fraction of sp³-hybridized carbons (Fsp3) is 0.368. The van der Waals surface area contributed by atoms with Gasteiger partial charge < -0.3 is 9.80 Å². The maximum absolute atomic E-state index is 12.8. The number of aromatic nitrogens is 2. The first kappa shape index (κ1) is 17.7. The summed E-state index contributed by atoms with van der Waals surface area (Å²) in [6, 6.07) is 8.99. The molecule has 26 heavy (non-hydrogen) atoms. The van der Waals surface area contributed by atoms with E-state index in [4.69, 9.17) is 5.26 Å². The van der Waals surface area contributed by atoms with E-state index in [1.807, 2.05) is 20.8 Å². The predicted octanol–water partition coefficient (Wildman–Crippen LogP) is 2.21. The first-order chi connectivity index (χ1) is 12.4. The van der Waals surface area contributed by atoms with Crippen LogP contribution in [0.1, 0.15) is 42.7 Å². The SMILES string of the molecule is CC(C)n1cc(C(=O)N2CC(=O)N(c3ccc(C#N)cc3)C[C@@H]2C)cn1. The number of carbonyl (C=O) groups is 2. The van der Waals surface area contributed by atoms with E-state index in [0.29, 0.717) is 17.7 Å². The Kier molecular flexibility index (Phi) is 4.76. The minimum absolute atomic E-state index is 0.0207. The van der Waals surface area contributed by atoms with E-state index < -0.39 is 0 Å². The quantitative estimate of drug-likeness (QED) is 0.849. The van der Waals surface area contributed by atoms with E-state index in [0.717, 1.165) is 5.69 Å². The summed E-state index contributed by atoms with van der Waals surface area (Å²) in [7, 11) is 0. The molecule has 0 saturated carbocycles. The van der Waals surface area contributed by atoms with Gasteiger partial charge >= 0.3 is 0 Å². The van der Waals surface area contributed by atoms with Crippen LogP contribution in [-0.4, -0.2) is 45.6 Å². The lowest BCUT2D eigenvalue weighted by Crippen LogP contribution is -2.57. The first-order valence-corrected chi connectivity index (χ1v) is 8.56. The molecule has 1 fully saturated rings. The van der Waals surface area contributed by atoms with Gasteiger partial charge in [-0.15, -0.1) is 0 Å². The van der Waals surface area contributed by atoms with Gasteiger partial charge in [0.2, 0.25) is 5.91 Å². The summed E-state index contributed by atoms with van der Waals surface area (Å²) in [5.74, 6) is -0.324. The minimum atomic E-state index is -0.183. The molecule has 0 spiro atoms. The van der Waals surface area contributed by atoms with Gasteiger partial charge in [-0.2, -0.15) is 10.4 Å². The Balaban J connectivity index is 1.76. The fourth-order valence-electron chi connectivity index (χ4n) is 2.99. The summed E-state index contributed by atoms with van der Waals surface area (Å²) in [5.41, 5.74) is 1.77. The number of hydrogen-bond acceptors (Lipinski definition) is 4. The van der Waals surface area contributed by atoms with Gasteiger partial charge in [-0.25, -0.2) is 0 Å². The Morgan fingerprint density at radius 1 is 1.31 bits per heavy atom. The van der Waals surface area contributed by atoms with Crippen LogP contribution in [0.5, 0.6) is 0 Å². The zero-order valence-corrected chi connectivity index (χ0v) is 15.1. The number of piperazine rings is 1. The predicted molar refractivity (Wildman–Crippen MR) is 96.6 cm³/mol. The van der Waals surface area contributed by atoms with E-state index in [1.54, 1.807) is 51.1 Å². The molecule has 2 amide bonds. The molecule has 7 nitrogen and oxygen atoms in total. The standard InChI is InChI=1S/C19H21N5O2/c1-13(2)24-11-16(9-21-24)19(26)22-12-18(25)23(10-14(22)3)17-6-4-15(8-20)5-7-17/h4-7,9,11,13-14H,10,12H2,1-3H3/t14-/m0/s1. The van der Waals surface area contributed by atoms with Crippen molar-refractivity contribution in [1.82, 2.24) is 14.7 Å². The smallest absolute Gasteiger partial charge is 0.257 e. The first-order valence-electron chi connectivity index (χ1n) is 8.56. The Morgan fingerprint density at radius 3 is 2.58 bits per heavy atom. The second-order valence-corrected chi connectivity index (χ2v) is 6.75. The highest BCUT2D eigenvalue weighted by Crippen LogP contribution is 2.22. The molecular formula is C19H21N5O2. The van der Waals surface area contributed by atoms with Crippen molar-refractivity contribution >= 4 is 17.5 Å². The molecule has 2 aromatic rings. The van der Waals surface area contributed by atoms with Gasteiger partial charge in [0.1, 0.15) is 6.54 Å². The van der Waals surface area contributed by atoms with Crippen LogP contribution >= 0.6 is 0 Å².